The average Bonchev–Trinajstić information content (AvgIpc) is 3.24. The van der Waals surface area contributed by atoms with Crippen molar-refractivity contribution in [2.75, 3.05) is 19.7 Å². The zero-order valence-corrected chi connectivity index (χ0v) is 17.0. The Morgan fingerprint density at radius 2 is 2.10 bits per heavy atom. The van der Waals surface area contributed by atoms with Crippen molar-refractivity contribution in [1.82, 2.24) is 19.9 Å². The summed E-state index contributed by atoms with van der Waals surface area (Å²) in [6.07, 6.45) is 6.69. The van der Waals surface area contributed by atoms with Crippen LogP contribution in [0, 0.1) is 0 Å². The number of nitrogens with zero attached hydrogens (tertiary/aromatic N) is 4. The number of carbonyl (C=O) groups excluding carboxylic acids is 1. The van der Waals surface area contributed by atoms with E-state index in [1.165, 1.54) is 11.3 Å². The van der Waals surface area contributed by atoms with Gasteiger partial charge in [0, 0.05) is 31.2 Å². The molecule has 1 aliphatic rings. The fourth-order valence-corrected chi connectivity index (χ4v) is 4.17. The Bertz CT molecular complexity index is 963. The van der Waals surface area contributed by atoms with Crippen LogP contribution in [0.2, 0.25) is 0 Å². The van der Waals surface area contributed by atoms with Gasteiger partial charge in [-0.2, -0.15) is 0 Å². The molecular weight excluding hydrogens is 388 g/mol. The van der Waals surface area contributed by atoms with Crippen molar-refractivity contribution in [2.45, 2.75) is 25.9 Å². The Labute approximate surface area is 173 Å². The van der Waals surface area contributed by atoms with Gasteiger partial charge in [-0.1, -0.05) is 0 Å². The van der Waals surface area contributed by atoms with Gasteiger partial charge in [0.2, 0.25) is 5.88 Å². The number of pyridine rings is 1. The summed E-state index contributed by atoms with van der Waals surface area (Å²) in [4.78, 5) is 28.7. The summed E-state index contributed by atoms with van der Waals surface area (Å²) in [6, 6.07) is 7.20. The molecule has 1 atom stereocenters. The maximum absolute atomic E-state index is 13.2. The first-order valence-corrected chi connectivity index (χ1v) is 10.5. The largest absolute Gasteiger partial charge is 0.494 e. The predicted octanol–water partition coefficient (Wildman–Crippen LogP) is 3.68. The van der Waals surface area contributed by atoms with Gasteiger partial charge < -0.3 is 14.4 Å². The second kappa shape index (κ2) is 9.00. The molecule has 0 spiro atoms. The molecule has 29 heavy (non-hydrogen) atoms. The lowest BCUT2D eigenvalue weighted by Crippen LogP contribution is -2.44. The number of piperidine rings is 1. The molecule has 0 bridgehead atoms. The molecule has 1 fully saturated rings. The van der Waals surface area contributed by atoms with E-state index in [9.17, 15) is 4.79 Å². The molecule has 4 heterocycles. The highest BCUT2D eigenvalue weighted by molar-refractivity contribution is 7.14. The summed E-state index contributed by atoms with van der Waals surface area (Å²) >= 11 is 1.48. The van der Waals surface area contributed by atoms with E-state index in [1.54, 1.807) is 36.8 Å². The Kier molecular flexibility index (Phi) is 6.00. The number of carbonyl (C=O) groups is 1. The predicted molar refractivity (Wildman–Crippen MR) is 110 cm³/mol. The van der Waals surface area contributed by atoms with Crippen molar-refractivity contribution < 1.29 is 14.3 Å². The van der Waals surface area contributed by atoms with Crippen LogP contribution in [0.15, 0.2) is 48.2 Å². The monoisotopic (exact) mass is 410 g/mol. The Morgan fingerprint density at radius 1 is 1.24 bits per heavy atom. The molecule has 1 amide bonds. The fraction of sp³-hybridized carbons (Fsp3) is 0.333. The fourth-order valence-electron chi connectivity index (χ4n) is 3.34. The van der Waals surface area contributed by atoms with Gasteiger partial charge in [-0.15, -0.1) is 11.3 Å². The second-order valence-electron chi connectivity index (χ2n) is 6.63. The summed E-state index contributed by atoms with van der Waals surface area (Å²) in [5, 5.41) is 1.90. The van der Waals surface area contributed by atoms with Gasteiger partial charge in [-0.05, 0) is 43.3 Å². The number of ether oxygens (including phenoxy) is 2. The lowest BCUT2D eigenvalue weighted by molar-refractivity contribution is 0.0528. The third-order valence-corrected chi connectivity index (χ3v) is 5.54. The summed E-state index contributed by atoms with van der Waals surface area (Å²) in [5.41, 5.74) is 0.637. The molecule has 1 unspecified atom stereocenters. The molecule has 0 N–H and O–H groups in total. The van der Waals surface area contributed by atoms with E-state index in [0.29, 0.717) is 37.0 Å². The first-order chi connectivity index (χ1) is 14.2. The van der Waals surface area contributed by atoms with Gasteiger partial charge >= 0.3 is 0 Å². The molecule has 8 heteroatoms. The van der Waals surface area contributed by atoms with Crippen LogP contribution in [0.5, 0.6) is 11.6 Å². The molecular formula is C21H22N4O3S. The SMILES string of the molecule is CCOc1ccnc(OC2CCCN(C(=O)c3ccsc3-c3ncccn3)C2)c1. The summed E-state index contributed by atoms with van der Waals surface area (Å²) in [5.74, 6) is 1.81. The molecule has 150 valence electrons. The van der Waals surface area contributed by atoms with Gasteiger partial charge in [-0.25, -0.2) is 15.0 Å². The number of thiophene rings is 1. The summed E-state index contributed by atoms with van der Waals surface area (Å²) in [6.45, 7) is 3.74. The van der Waals surface area contributed by atoms with E-state index in [2.05, 4.69) is 15.0 Å². The minimum absolute atomic E-state index is 0.0157. The molecule has 4 rings (SSSR count). The molecule has 0 radical (unpaired) electrons. The van der Waals surface area contributed by atoms with Crippen molar-refractivity contribution in [3.05, 3.63) is 53.8 Å². The van der Waals surface area contributed by atoms with E-state index in [0.717, 1.165) is 23.5 Å². The maximum atomic E-state index is 13.2. The minimum Gasteiger partial charge on any atom is -0.494 e. The van der Waals surface area contributed by atoms with Gasteiger partial charge in [0.05, 0.1) is 23.6 Å². The second-order valence-corrected chi connectivity index (χ2v) is 7.55. The van der Waals surface area contributed by atoms with Crippen LogP contribution in [-0.4, -0.2) is 51.6 Å². The van der Waals surface area contributed by atoms with Crippen molar-refractivity contribution in [3.63, 3.8) is 0 Å². The quantitative estimate of drug-likeness (QED) is 0.617. The topological polar surface area (TPSA) is 77.4 Å². The van der Waals surface area contributed by atoms with Crippen LogP contribution in [0.3, 0.4) is 0 Å². The molecule has 0 aliphatic carbocycles. The van der Waals surface area contributed by atoms with Crippen LogP contribution < -0.4 is 9.47 Å². The molecule has 7 nitrogen and oxygen atoms in total. The normalized spacial score (nSPS) is 16.4. The van der Waals surface area contributed by atoms with Crippen LogP contribution in [-0.2, 0) is 0 Å². The van der Waals surface area contributed by atoms with Gasteiger partial charge in [0.1, 0.15) is 11.9 Å². The number of aromatic nitrogens is 3. The lowest BCUT2D eigenvalue weighted by Gasteiger charge is -2.32. The molecule has 3 aromatic heterocycles. The smallest absolute Gasteiger partial charge is 0.255 e. The van der Waals surface area contributed by atoms with Crippen molar-refractivity contribution in [2.24, 2.45) is 0 Å². The Balaban J connectivity index is 1.46. The number of amides is 1. The van der Waals surface area contributed by atoms with Gasteiger partial charge in [0.15, 0.2) is 5.82 Å². The number of hydrogen-bond acceptors (Lipinski definition) is 7. The van der Waals surface area contributed by atoms with E-state index in [4.69, 9.17) is 9.47 Å². The number of likely N-dealkylation sites (tertiary alicyclic amines) is 1. The third kappa shape index (κ3) is 4.54. The molecule has 1 aliphatic heterocycles. The lowest BCUT2D eigenvalue weighted by atomic mass is 10.1. The zero-order chi connectivity index (χ0) is 20.1. The highest BCUT2D eigenvalue weighted by Crippen LogP contribution is 2.29. The van der Waals surface area contributed by atoms with Crippen LogP contribution >= 0.6 is 11.3 Å². The van der Waals surface area contributed by atoms with Crippen molar-refractivity contribution in [3.8, 4) is 22.3 Å². The minimum atomic E-state index is -0.105. The van der Waals surface area contributed by atoms with E-state index < -0.39 is 0 Å². The van der Waals surface area contributed by atoms with Crippen LogP contribution in [0.4, 0.5) is 0 Å². The first-order valence-electron chi connectivity index (χ1n) is 9.64. The summed E-state index contributed by atoms with van der Waals surface area (Å²) in [7, 11) is 0. The molecule has 1 saturated heterocycles. The molecule has 3 aromatic rings. The highest BCUT2D eigenvalue weighted by atomic mass is 32.1. The van der Waals surface area contributed by atoms with Gasteiger partial charge in [0.25, 0.3) is 5.91 Å². The molecule has 0 saturated carbocycles. The standard InChI is InChI=1S/C21H22N4O3S/c1-2-27-15-6-10-22-18(13-15)28-16-5-3-11-25(14-16)21(26)17-7-12-29-19(17)20-23-8-4-9-24-20/h4,6-10,12-13,16H,2-3,5,11,14H2,1H3. The average molecular weight is 410 g/mol. The Hall–Kier alpha value is -3.00. The van der Waals surface area contributed by atoms with Crippen molar-refractivity contribution in [1.29, 1.82) is 0 Å². The number of rotatable bonds is 6. The third-order valence-electron chi connectivity index (χ3n) is 4.63. The van der Waals surface area contributed by atoms with Crippen LogP contribution in [0.25, 0.3) is 10.7 Å². The van der Waals surface area contributed by atoms with Crippen LogP contribution in [0.1, 0.15) is 30.1 Å². The molecule has 0 aromatic carbocycles. The highest BCUT2D eigenvalue weighted by Gasteiger charge is 2.28. The van der Waals surface area contributed by atoms with E-state index in [1.807, 2.05) is 23.3 Å². The van der Waals surface area contributed by atoms with E-state index >= 15 is 0 Å². The summed E-state index contributed by atoms with van der Waals surface area (Å²) < 4.78 is 11.6. The van der Waals surface area contributed by atoms with Gasteiger partial charge in [-0.3, -0.25) is 4.79 Å². The maximum Gasteiger partial charge on any atom is 0.255 e. The number of hydrogen-bond donors (Lipinski definition) is 0. The Morgan fingerprint density at radius 3 is 2.93 bits per heavy atom. The van der Waals surface area contributed by atoms with Crippen molar-refractivity contribution >= 4 is 17.2 Å². The first kappa shape index (κ1) is 19.3. The van der Waals surface area contributed by atoms with E-state index in [-0.39, 0.29) is 12.0 Å². The zero-order valence-electron chi connectivity index (χ0n) is 16.2.